The van der Waals surface area contributed by atoms with E-state index in [0.717, 1.165) is 0 Å². The number of halogens is 4. The van der Waals surface area contributed by atoms with E-state index in [2.05, 4.69) is 10.6 Å². The molecule has 6 nitrogen and oxygen atoms in total. The maximum absolute atomic E-state index is 12.5. The molecule has 0 heterocycles. The van der Waals surface area contributed by atoms with Gasteiger partial charge in [0.05, 0.1) is 0 Å². The number of hydrogen-bond acceptors (Lipinski definition) is 4. The van der Waals surface area contributed by atoms with Crippen molar-refractivity contribution in [1.29, 1.82) is 0 Å². The van der Waals surface area contributed by atoms with Gasteiger partial charge in [-0.15, -0.1) is 0 Å². The molecule has 2 amide bonds. The molecule has 0 aliphatic heterocycles. The first kappa shape index (κ1) is 29.4. The number of nitrogens with one attached hydrogen (secondary N) is 2. The number of carbonyl (C=O) groups excluding carboxylic acids is 2. The van der Waals surface area contributed by atoms with Gasteiger partial charge in [0.25, 0.3) is 0 Å². The summed E-state index contributed by atoms with van der Waals surface area (Å²) in [6.45, 7) is 7.59. The second-order valence-corrected chi connectivity index (χ2v) is 18.8. The molecule has 0 aliphatic carbocycles. The number of rotatable bonds is 8. The molecule has 190 valence electrons. The SMILES string of the molecule is CC(C)Oc1ccc(NC(=O)C(=O)Nc2ccc(OC(C)C)c([CH]=[Ru]([Cl])[Cl])c2)cc1[CH]=[Ru]([Cl])[Cl]. The Balaban J connectivity index is 2.19. The summed E-state index contributed by atoms with van der Waals surface area (Å²) < 4.78 is 14.9. The van der Waals surface area contributed by atoms with Crippen LogP contribution in [0.25, 0.3) is 0 Å². The van der Waals surface area contributed by atoms with E-state index in [1.807, 2.05) is 27.7 Å². The van der Waals surface area contributed by atoms with Gasteiger partial charge < -0.3 is 0 Å². The number of carbonyl (C=O) groups is 2. The summed E-state index contributed by atoms with van der Waals surface area (Å²) >= 11 is -4.29. The summed E-state index contributed by atoms with van der Waals surface area (Å²) in [6, 6.07) is 9.98. The number of ether oxygens (including phenoxy) is 2. The third-order valence-corrected chi connectivity index (χ3v) is 7.51. The second kappa shape index (κ2) is 14.0. The molecule has 2 aromatic rings. The van der Waals surface area contributed by atoms with E-state index >= 15 is 0 Å². The molecule has 2 rings (SSSR count). The fraction of sp³-hybridized carbons (Fsp3) is 0.273. The average molecular weight is 724 g/mol. The molecule has 12 heteroatoms. The van der Waals surface area contributed by atoms with Crippen LogP contribution in [0.1, 0.15) is 38.8 Å². The van der Waals surface area contributed by atoms with Gasteiger partial charge in [-0.1, -0.05) is 0 Å². The Labute approximate surface area is 225 Å². The predicted octanol–water partition coefficient (Wildman–Crippen LogP) is 5.99. The van der Waals surface area contributed by atoms with Crippen molar-refractivity contribution >= 4 is 71.2 Å². The van der Waals surface area contributed by atoms with Gasteiger partial charge in [0, 0.05) is 0 Å². The van der Waals surface area contributed by atoms with Gasteiger partial charge in [-0.3, -0.25) is 0 Å². The Morgan fingerprint density at radius 1 is 0.735 bits per heavy atom. The minimum atomic E-state index is -2.15. The number of amides is 2. The van der Waals surface area contributed by atoms with E-state index in [1.165, 1.54) is 0 Å². The molecule has 0 saturated carbocycles. The van der Waals surface area contributed by atoms with Crippen molar-refractivity contribution in [2.24, 2.45) is 0 Å². The quantitative estimate of drug-likeness (QED) is 0.259. The molecule has 0 spiro atoms. The first-order chi connectivity index (χ1) is 15.9. The number of benzene rings is 2. The standard InChI is InChI=1S/C22H24N2O4.4ClH.2Ru/c1-13(2)27-19-9-7-17(11-15(19)5)23-21(25)22(26)24-18-8-10-20(16(6)12-18)28-14(3)4;;;;;;/h5-14H,1-4H3,(H,23,25)(H,24,26);4*1H;;/q;;;;;2*+2/p-4. The average Bonchev–Trinajstić information content (AvgIpc) is 2.70. The zero-order chi connectivity index (χ0) is 25.4. The van der Waals surface area contributed by atoms with Crippen molar-refractivity contribution in [3.63, 3.8) is 0 Å². The van der Waals surface area contributed by atoms with E-state index in [1.54, 1.807) is 45.6 Å². The van der Waals surface area contributed by atoms with Crippen molar-refractivity contribution in [2.45, 2.75) is 39.9 Å². The van der Waals surface area contributed by atoms with E-state index in [-0.39, 0.29) is 12.2 Å². The molecule has 0 unspecified atom stereocenters. The summed E-state index contributed by atoms with van der Waals surface area (Å²) in [5.74, 6) is -0.509. The van der Waals surface area contributed by atoms with Gasteiger partial charge in [-0.25, -0.2) is 0 Å². The zero-order valence-electron chi connectivity index (χ0n) is 18.6. The van der Waals surface area contributed by atoms with Gasteiger partial charge in [-0.05, 0) is 0 Å². The molecule has 0 aliphatic rings. The van der Waals surface area contributed by atoms with Crippen molar-refractivity contribution < 1.29 is 46.1 Å². The van der Waals surface area contributed by atoms with Gasteiger partial charge in [0.1, 0.15) is 0 Å². The van der Waals surface area contributed by atoms with E-state index in [0.29, 0.717) is 34.0 Å². The Bertz CT molecular complexity index is 1030. The Morgan fingerprint density at radius 3 is 1.38 bits per heavy atom. The van der Waals surface area contributed by atoms with Gasteiger partial charge in [0.2, 0.25) is 0 Å². The molecular weight excluding hydrogens is 700 g/mol. The van der Waals surface area contributed by atoms with E-state index < -0.39 is 38.9 Å². The molecule has 0 fully saturated rings. The normalized spacial score (nSPS) is 11.6. The van der Waals surface area contributed by atoms with Crippen LogP contribution in [0.15, 0.2) is 36.4 Å². The van der Waals surface area contributed by atoms with Crippen LogP contribution in [0.5, 0.6) is 11.5 Å². The van der Waals surface area contributed by atoms with Crippen LogP contribution in [-0.2, 0) is 36.6 Å². The van der Waals surface area contributed by atoms with Crippen LogP contribution < -0.4 is 20.1 Å². The van der Waals surface area contributed by atoms with Crippen LogP contribution in [0.4, 0.5) is 11.4 Å². The molecule has 2 aromatic carbocycles. The summed E-state index contributed by atoms with van der Waals surface area (Å²) in [5.41, 5.74) is 2.11. The molecular formula is C22H24Cl4N2O4Ru2. The Morgan fingerprint density at radius 2 is 1.09 bits per heavy atom. The van der Waals surface area contributed by atoms with Crippen LogP contribution in [0, 0.1) is 0 Å². The number of hydrogen-bond donors (Lipinski definition) is 2. The van der Waals surface area contributed by atoms with E-state index in [4.69, 9.17) is 48.2 Å². The van der Waals surface area contributed by atoms with Crippen LogP contribution >= 0.6 is 38.8 Å². The first-order valence-electron chi connectivity index (χ1n) is 9.84. The molecule has 0 radical (unpaired) electrons. The minimum absolute atomic E-state index is 0.0558. The molecule has 0 bridgehead atoms. The first-order valence-corrected chi connectivity index (χ1v) is 20.8. The zero-order valence-corrected chi connectivity index (χ0v) is 25.1. The molecule has 0 saturated heterocycles. The molecule has 0 atom stereocenters. The summed E-state index contributed by atoms with van der Waals surface area (Å²) in [4.78, 5) is 25.0. The third-order valence-electron chi connectivity index (χ3n) is 3.84. The van der Waals surface area contributed by atoms with Crippen molar-refractivity contribution in [2.75, 3.05) is 10.6 Å². The molecule has 34 heavy (non-hydrogen) atoms. The van der Waals surface area contributed by atoms with E-state index in [9.17, 15) is 9.59 Å². The van der Waals surface area contributed by atoms with Crippen molar-refractivity contribution in [1.82, 2.24) is 0 Å². The monoisotopic (exact) mass is 724 g/mol. The summed E-state index contributed by atoms with van der Waals surface area (Å²) in [6.07, 6.45) is -0.112. The van der Waals surface area contributed by atoms with Gasteiger partial charge in [-0.2, -0.15) is 0 Å². The molecule has 2 N–H and O–H groups in total. The fourth-order valence-corrected chi connectivity index (χ4v) is 6.24. The van der Waals surface area contributed by atoms with Gasteiger partial charge >= 0.3 is 227 Å². The van der Waals surface area contributed by atoms with Gasteiger partial charge in [0.15, 0.2) is 0 Å². The van der Waals surface area contributed by atoms with Crippen molar-refractivity contribution in [3.8, 4) is 11.5 Å². The second-order valence-electron chi connectivity index (χ2n) is 7.36. The maximum atomic E-state index is 12.5. The van der Waals surface area contributed by atoms with Crippen molar-refractivity contribution in [3.05, 3.63) is 47.5 Å². The Kier molecular flexibility index (Phi) is 12.1. The predicted molar refractivity (Wildman–Crippen MR) is 135 cm³/mol. The summed E-state index contributed by atoms with van der Waals surface area (Å²) in [5, 5.41) is 5.15. The fourth-order valence-electron chi connectivity index (χ4n) is 2.68. The van der Waals surface area contributed by atoms with Crippen LogP contribution in [0.2, 0.25) is 0 Å². The van der Waals surface area contributed by atoms with Crippen LogP contribution in [-0.4, -0.2) is 33.2 Å². The van der Waals surface area contributed by atoms with Crippen LogP contribution in [0.3, 0.4) is 0 Å². The summed E-state index contributed by atoms with van der Waals surface area (Å²) in [7, 11) is 24.1. The molecule has 0 aromatic heterocycles. The topological polar surface area (TPSA) is 76.7 Å². The third kappa shape index (κ3) is 10.0. The Hall–Kier alpha value is -0.873. The number of anilines is 2.